The van der Waals surface area contributed by atoms with Crippen LogP contribution in [-0.2, 0) is 4.89 Å². The van der Waals surface area contributed by atoms with Crippen molar-refractivity contribution in [3.63, 3.8) is 0 Å². The van der Waals surface area contributed by atoms with E-state index in [1.165, 1.54) is 13.2 Å². The molecule has 8 heteroatoms. The molecule has 0 aliphatic rings. The van der Waals surface area contributed by atoms with Crippen LogP contribution in [0.1, 0.15) is 22.8 Å². The van der Waals surface area contributed by atoms with Crippen molar-refractivity contribution in [3.05, 3.63) is 64.2 Å². The van der Waals surface area contributed by atoms with Gasteiger partial charge in [0.1, 0.15) is 46.8 Å². The SMILES string of the molecule is COc1cc(F)c(C(OO)c2cc(F)c(C#N)c(F)c2)c(F)c1. The van der Waals surface area contributed by atoms with Gasteiger partial charge in [-0.05, 0) is 17.7 Å². The zero-order chi connectivity index (χ0) is 17.1. The highest BCUT2D eigenvalue weighted by Gasteiger charge is 2.26. The average molecular weight is 327 g/mol. The molecule has 0 bridgehead atoms. The van der Waals surface area contributed by atoms with E-state index in [4.69, 9.17) is 10.5 Å². The molecule has 0 saturated heterocycles. The largest absolute Gasteiger partial charge is 0.497 e. The molecule has 0 aliphatic carbocycles. The Balaban J connectivity index is 2.60. The molecular formula is C15H9F4NO3. The Morgan fingerprint density at radius 3 is 1.91 bits per heavy atom. The second kappa shape index (κ2) is 6.64. The molecule has 0 spiro atoms. The maximum absolute atomic E-state index is 14.0. The molecule has 0 aliphatic heterocycles. The van der Waals surface area contributed by atoms with Gasteiger partial charge in [-0.25, -0.2) is 22.4 Å². The lowest BCUT2D eigenvalue weighted by atomic mass is 9.98. The molecule has 0 radical (unpaired) electrons. The number of benzene rings is 2. The minimum absolute atomic E-state index is 0.127. The minimum Gasteiger partial charge on any atom is -0.497 e. The average Bonchev–Trinajstić information content (AvgIpc) is 2.50. The van der Waals surface area contributed by atoms with Gasteiger partial charge in [0.25, 0.3) is 0 Å². The number of halogens is 4. The maximum atomic E-state index is 14.0. The first-order valence-corrected chi connectivity index (χ1v) is 6.15. The van der Waals surface area contributed by atoms with Crippen molar-refractivity contribution in [2.24, 2.45) is 0 Å². The summed E-state index contributed by atoms with van der Waals surface area (Å²) in [7, 11) is 1.19. The number of rotatable bonds is 4. The summed E-state index contributed by atoms with van der Waals surface area (Å²) < 4.78 is 60.0. The summed E-state index contributed by atoms with van der Waals surface area (Å²) in [5.74, 6) is -4.92. The molecule has 2 aromatic rings. The van der Waals surface area contributed by atoms with Crippen molar-refractivity contribution in [2.75, 3.05) is 7.11 Å². The predicted octanol–water partition coefficient (Wildman–Crippen LogP) is 3.70. The molecular weight excluding hydrogens is 318 g/mol. The van der Waals surface area contributed by atoms with E-state index in [2.05, 4.69) is 9.62 Å². The highest BCUT2D eigenvalue weighted by Crippen LogP contribution is 2.33. The molecule has 0 fully saturated rings. The van der Waals surface area contributed by atoms with E-state index in [-0.39, 0.29) is 5.75 Å². The summed E-state index contributed by atoms with van der Waals surface area (Å²) in [6.07, 6.45) is -1.84. The van der Waals surface area contributed by atoms with Gasteiger partial charge in [0, 0.05) is 12.1 Å². The fraction of sp³-hybridized carbons (Fsp3) is 0.133. The normalized spacial score (nSPS) is 11.9. The summed E-state index contributed by atoms with van der Waals surface area (Å²) >= 11 is 0. The number of nitrogens with zero attached hydrogens (tertiary/aromatic N) is 1. The van der Waals surface area contributed by atoms with Crippen LogP contribution >= 0.6 is 0 Å². The molecule has 4 nitrogen and oxygen atoms in total. The van der Waals surface area contributed by atoms with Crippen LogP contribution < -0.4 is 4.74 Å². The molecule has 2 aromatic carbocycles. The van der Waals surface area contributed by atoms with E-state index in [0.717, 1.165) is 12.1 Å². The molecule has 0 saturated carbocycles. The van der Waals surface area contributed by atoms with Crippen molar-refractivity contribution in [1.29, 1.82) is 5.26 Å². The van der Waals surface area contributed by atoms with Crippen LogP contribution in [0, 0.1) is 34.6 Å². The first kappa shape index (κ1) is 16.7. The lowest BCUT2D eigenvalue weighted by molar-refractivity contribution is -0.271. The van der Waals surface area contributed by atoms with E-state index in [1.807, 2.05) is 0 Å². The highest BCUT2D eigenvalue weighted by atomic mass is 19.1. The van der Waals surface area contributed by atoms with Crippen molar-refractivity contribution >= 4 is 0 Å². The lowest BCUT2D eigenvalue weighted by Gasteiger charge is -2.17. The minimum atomic E-state index is -1.84. The van der Waals surface area contributed by atoms with Gasteiger partial charge in [0.05, 0.1) is 12.7 Å². The zero-order valence-corrected chi connectivity index (χ0v) is 11.6. The third-order valence-electron chi connectivity index (χ3n) is 3.13. The Hall–Kier alpha value is -2.63. The molecule has 1 N–H and O–H groups in total. The van der Waals surface area contributed by atoms with Gasteiger partial charge in [-0.3, -0.25) is 5.26 Å². The van der Waals surface area contributed by atoms with Gasteiger partial charge in [0.15, 0.2) is 0 Å². The quantitative estimate of drug-likeness (QED) is 0.528. The van der Waals surface area contributed by atoms with Crippen molar-refractivity contribution in [2.45, 2.75) is 6.10 Å². The third-order valence-corrected chi connectivity index (χ3v) is 3.13. The van der Waals surface area contributed by atoms with Crippen molar-refractivity contribution in [3.8, 4) is 11.8 Å². The molecule has 120 valence electrons. The van der Waals surface area contributed by atoms with Gasteiger partial charge in [-0.1, -0.05) is 0 Å². The highest BCUT2D eigenvalue weighted by molar-refractivity contribution is 5.41. The first-order chi connectivity index (χ1) is 10.9. The van der Waals surface area contributed by atoms with Crippen molar-refractivity contribution < 1.29 is 32.4 Å². The number of nitriles is 1. The Labute approximate surface area is 128 Å². The predicted molar refractivity (Wildman–Crippen MR) is 69.5 cm³/mol. The zero-order valence-electron chi connectivity index (χ0n) is 11.6. The fourth-order valence-corrected chi connectivity index (χ4v) is 2.06. The summed E-state index contributed by atoms with van der Waals surface area (Å²) in [4.78, 5) is 4.00. The van der Waals surface area contributed by atoms with Crippen LogP contribution in [-0.4, -0.2) is 12.4 Å². The van der Waals surface area contributed by atoms with Crippen LogP contribution in [0.5, 0.6) is 5.75 Å². The van der Waals surface area contributed by atoms with E-state index >= 15 is 0 Å². The summed E-state index contributed by atoms with van der Waals surface area (Å²) in [6.45, 7) is 0. The van der Waals surface area contributed by atoms with E-state index in [9.17, 15) is 17.6 Å². The lowest BCUT2D eigenvalue weighted by Crippen LogP contribution is -2.11. The second-order valence-electron chi connectivity index (χ2n) is 4.46. The van der Waals surface area contributed by atoms with Gasteiger partial charge < -0.3 is 4.74 Å². The molecule has 23 heavy (non-hydrogen) atoms. The second-order valence-corrected chi connectivity index (χ2v) is 4.46. The topological polar surface area (TPSA) is 62.5 Å². The Morgan fingerprint density at radius 1 is 1.00 bits per heavy atom. The molecule has 0 aromatic heterocycles. The maximum Gasteiger partial charge on any atom is 0.149 e. The molecule has 0 heterocycles. The van der Waals surface area contributed by atoms with Crippen LogP contribution in [0.2, 0.25) is 0 Å². The fourth-order valence-electron chi connectivity index (χ4n) is 2.06. The smallest absolute Gasteiger partial charge is 0.149 e. The number of ether oxygens (including phenoxy) is 1. The van der Waals surface area contributed by atoms with Crippen molar-refractivity contribution in [1.82, 2.24) is 0 Å². The summed E-state index contributed by atoms with van der Waals surface area (Å²) in [5.41, 5.74) is -2.04. The monoisotopic (exact) mass is 327 g/mol. The van der Waals surface area contributed by atoms with E-state index < -0.39 is 46.1 Å². The standard InChI is InChI=1S/C15H9F4NO3/c1-22-8-4-12(18)14(13(19)5-8)15(23-21)7-2-10(16)9(6-20)11(17)3-7/h2-5,15,21H,1H3. The third kappa shape index (κ3) is 3.11. The Bertz CT molecular complexity index is 743. The molecule has 1 atom stereocenters. The summed E-state index contributed by atoms with van der Waals surface area (Å²) in [6, 6.07) is 4.24. The Morgan fingerprint density at radius 2 is 1.52 bits per heavy atom. The van der Waals surface area contributed by atoms with E-state index in [0.29, 0.717) is 12.1 Å². The van der Waals surface area contributed by atoms with Crippen LogP contribution in [0.3, 0.4) is 0 Å². The molecule has 0 amide bonds. The van der Waals surface area contributed by atoms with E-state index in [1.54, 1.807) is 0 Å². The van der Waals surface area contributed by atoms with Gasteiger partial charge in [-0.2, -0.15) is 5.26 Å². The number of methoxy groups -OCH3 is 1. The number of hydrogen-bond acceptors (Lipinski definition) is 4. The Kier molecular flexibility index (Phi) is 4.83. The van der Waals surface area contributed by atoms with Gasteiger partial charge in [-0.15, -0.1) is 0 Å². The number of hydrogen-bond donors (Lipinski definition) is 1. The van der Waals surface area contributed by atoms with Crippen LogP contribution in [0.25, 0.3) is 0 Å². The van der Waals surface area contributed by atoms with Crippen LogP contribution in [0.4, 0.5) is 17.6 Å². The van der Waals surface area contributed by atoms with Crippen LogP contribution in [0.15, 0.2) is 24.3 Å². The van der Waals surface area contributed by atoms with Gasteiger partial charge in [0.2, 0.25) is 0 Å². The molecule has 2 rings (SSSR count). The van der Waals surface area contributed by atoms with Gasteiger partial charge >= 0.3 is 0 Å². The summed E-state index contributed by atoms with van der Waals surface area (Å²) in [5, 5.41) is 17.5. The first-order valence-electron chi connectivity index (χ1n) is 6.15. The molecule has 1 unspecified atom stereocenters.